The number of nitrogens with zero attached hydrogens (tertiary/aromatic N) is 2. The fourth-order valence-electron chi connectivity index (χ4n) is 2.30. The lowest BCUT2D eigenvalue weighted by molar-refractivity contribution is 0.873. The highest BCUT2D eigenvalue weighted by atomic mass is 35.5. The highest BCUT2D eigenvalue weighted by Gasteiger charge is 2.07. The summed E-state index contributed by atoms with van der Waals surface area (Å²) in [5.74, 6) is 1.20. The van der Waals surface area contributed by atoms with Gasteiger partial charge in [0.2, 0.25) is 5.95 Å². The number of aromatic nitrogens is 2. The summed E-state index contributed by atoms with van der Waals surface area (Å²) in [6.07, 6.45) is 1.70. The number of nitrogens with one attached hydrogen (secondary N) is 2. The number of benzene rings is 2. The van der Waals surface area contributed by atoms with Gasteiger partial charge in [0.1, 0.15) is 5.82 Å². The Morgan fingerprint density at radius 2 is 1.67 bits per heavy atom. The van der Waals surface area contributed by atoms with Gasteiger partial charge in [-0.1, -0.05) is 53.5 Å². The van der Waals surface area contributed by atoms with Crippen LogP contribution in [0.25, 0.3) is 0 Å². The van der Waals surface area contributed by atoms with Crippen LogP contribution in [0.1, 0.15) is 18.5 Å². The maximum Gasteiger partial charge on any atom is 0.229 e. The quantitative estimate of drug-likeness (QED) is 0.614. The zero-order valence-corrected chi connectivity index (χ0v) is 14.5. The first kappa shape index (κ1) is 16.6. The highest BCUT2D eigenvalue weighted by Crippen LogP contribution is 2.25. The molecule has 0 saturated carbocycles. The summed E-state index contributed by atoms with van der Waals surface area (Å²) in [5.41, 5.74) is 1.92. The lowest BCUT2D eigenvalue weighted by atomic mass is 10.1. The lowest BCUT2D eigenvalue weighted by Gasteiger charge is -2.15. The first-order valence-electron chi connectivity index (χ1n) is 7.48. The van der Waals surface area contributed by atoms with E-state index < -0.39 is 0 Å². The molecule has 3 rings (SSSR count). The maximum atomic E-state index is 6.01. The molecule has 3 aromatic rings. The van der Waals surface area contributed by atoms with E-state index >= 15 is 0 Å². The van der Waals surface area contributed by atoms with Crippen molar-refractivity contribution in [3.8, 4) is 0 Å². The van der Waals surface area contributed by atoms with E-state index in [9.17, 15) is 0 Å². The molecule has 0 aliphatic carbocycles. The molecule has 1 heterocycles. The highest BCUT2D eigenvalue weighted by molar-refractivity contribution is 6.35. The van der Waals surface area contributed by atoms with Gasteiger partial charge in [0.25, 0.3) is 0 Å². The van der Waals surface area contributed by atoms with Crippen molar-refractivity contribution in [1.29, 1.82) is 0 Å². The van der Waals surface area contributed by atoms with Crippen LogP contribution in [-0.2, 0) is 0 Å². The number of halogens is 2. The molecule has 1 atom stereocenters. The summed E-state index contributed by atoms with van der Waals surface area (Å²) in [6, 6.07) is 17.4. The molecule has 0 amide bonds. The Kier molecular flexibility index (Phi) is 5.18. The molecule has 0 aliphatic heterocycles. The van der Waals surface area contributed by atoms with Gasteiger partial charge in [0.05, 0.1) is 0 Å². The van der Waals surface area contributed by atoms with Crippen LogP contribution in [0.3, 0.4) is 0 Å². The van der Waals surface area contributed by atoms with Crippen molar-refractivity contribution in [2.24, 2.45) is 0 Å². The molecule has 2 aromatic carbocycles. The Labute approximate surface area is 150 Å². The predicted molar refractivity (Wildman–Crippen MR) is 100 cm³/mol. The Morgan fingerprint density at radius 1 is 0.958 bits per heavy atom. The topological polar surface area (TPSA) is 49.8 Å². The predicted octanol–water partition coefficient (Wildman–Crippen LogP) is 5.70. The van der Waals surface area contributed by atoms with E-state index in [4.69, 9.17) is 23.2 Å². The Morgan fingerprint density at radius 3 is 2.38 bits per heavy atom. The smallest absolute Gasteiger partial charge is 0.229 e. The molecule has 0 saturated heterocycles. The number of anilines is 3. The Balaban J connectivity index is 1.74. The average molecular weight is 359 g/mol. The molecule has 0 bridgehead atoms. The van der Waals surface area contributed by atoms with Gasteiger partial charge in [-0.15, -0.1) is 0 Å². The average Bonchev–Trinajstić information content (AvgIpc) is 2.55. The van der Waals surface area contributed by atoms with E-state index in [1.165, 1.54) is 5.56 Å². The van der Waals surface area contributed by atoms with Crippen LogP contribution in [0.15, 0.2) is 60.8 Å². The van der Waals surface area contributed by atoms with E-state index in [1.807, 2.05) is 24.3 Å². The summed E-state index contributed by atoms with van der Waals surface area (Å²) in [4.78, 5) is 8.70. The molecule has 0 spiro atoms. The molecule has 6 heteroatoms. The van der Waals surface area contributed by atoms with Gasteiger partial charge in [-0.2, -0.15) is 4.98 Å². The minimum absolute atomic E-state index is 0.134. The minimum Gasteiger partial charge on any atom is -0.363 e. The van der Waals surface area contributed by atoms with E-state index in [1.54, 1.807) is 24.4 Å². The second kappa shape index (κ2) is 7.51. The second-order valence-corrected chi connectivity index (χ2v) is 6.20. The van der Waals surface area contributed by atoms with Crippen LogP contribution in [-0.4, -0.2) is 9.97 Å². The van der Waals surface area contributed by atoms with Crippen molar-refractivity contribution < 1.29 is 0 Å². The third-order valence-corrected chi connectivity index (χ3v) is 3.87. The van der Waals surface area contributed by atoms with Gasteiger partial charge < -0.3 is 10.6 Å². The van der Waals surface area contributed by atoms with Gasteiger partial charge in [0, 0.05) is 28.0 Å². The SMILES string of the molecule is CC(Nc1ccnc(Nc2cc(Cl)cc(Cl)c2)n1)c1ccccc1. The van der Waals surface area contributed by atoms with Crippen LogP contribution in [0.4, 0.5) is 17.5 Å². The summed E-state index contributed by atoms with van der Waals surface area (Å²) >= 11 is 12.0. The molecule has 2 N–H and O–H groups in total. The fraction of sp³-hybridized carbons (Fsp3) is 0.111. The fourth-order valence-corrected chi connectivity index (χ4v) is 2.83. The normalized spacial score (nSPS) is 11.8. The maximum absolute atomic E-state index is 6.01. The molecule has 1 aromatic heterocycles. The van der Waals surface area contributed by atoms with Gasteiger partial charge in [-0.3, -0.25) is 0 Å². The number of rotatable bonds is 5. The third-order valence-electron chi connectivity index (χ3n) is 3.44. The number of hydrogen-bond acceptors (Lipinski definition) is 4. The molecule has 1 unspecified atom stereocenters. The van der Waals surface area contributed by atoms with Crippen molar-refractivity contribution in [3.63, 3.8) is 0 Å². The zero-order chi connectivity index (χ0) is 16.9. The van der Waals surface area contributed by atoms with Crippen molar-refractivity contribution in [3.05, 3.63) is 76.4 Å². The summed E-state index contributed by atoms with van der Waals surface area (Å²) < 4.78 is 0. The zero-order valence-electron chi connectivity index (χ0n) is 13.0. The number of hydrogen-bond donors (Lipinski definition) is 2. The molecular weight excluding hydrogens is 343 g/mol. The van der Waals surface area contributed by atoms with E-state index in [-0.39, 0.29) is 6.04 Å². The standard InChI is InChI=1S/C18H16Cl2N4/c1-12(13-5-3-2-4-6-13)22-17-7-8-21-18(24-17)23-16-10-14(19)9-15(20)11-16/h2-12H,1H3,(H2,21,22,23,24). The van der Waals surface area contributed by atoms with Gasteiger partial charge in [-0.25, -0.2) is 4.98 Å². The van der Waals surface area contributed by atoms with Gasteiger partial charge in [0.15, 0.2) is 0 Å². The largest absolute Gasteiger partial charge is 0.363 e. The van der Waals surface area contributed by atoms with Gasteiger partial charge in [-0.05, 0) is 36.8 Å². The van der Waals surface area contributed by atoms with Crippen LogP contribution >= 0.6 is 23.2 Å². The van der Waals surface area contributed by atoms with Crippen LogP contribution in [0, 0.1) is 0 Å². The third kappa shape index (κ3) is 4.37. The first-order chi connectivity index (χ1) is 11.6. The van der Waals surface area contributed by atoms with E-state index in [0.29, 0.717) is 16.0 Å². The molecule has 4 nitrogen and oxygen atoms in total. The van der Waals surface area contributed by atoms with Crippen molar-refractivity contribution in [2.75, 3.05) is 10.6 Å². The van der Waals surface area contributed by atoms with Gasteiger partial charge >= 0.3 is 0 Å². The van der Waals surface area contributed by atoms with E-state index in [0.717, 1.165) is 11.5 Å². The Bertz CT molecular complexity index is 804. The van der Waals surface area contributed by atoms with Crippen LogP contribution in [0.2, 0.25) is 10.0 Å². The molecule has 0 radical (unpaired) electrons. The molecule has 0 fully saturated rings. The van der Waals surface area contributed by atoms with Crippen molar-refractivity contribution >= 4 is 40.7 Å². The molecule has 24 heavy (non-hydrogen) atoms. The molecule has 122 valence electrons. The van der Waals surface area contributed by atoms with Crippen molar-refractivity contribution in [1.82, 2.24) is 9.97 Å². The summed E-state index contributed by atoms with van der Waals surface area (Å²) in [6.45, 7) is 2.08. The minimum atomic E-state index is 0.134. The van der Waals surface area contributed by atoms with Crippen LogP contribution < -0.4 is 10.6 Å². The molecular formula is C18H16Cl2N4. The van der Waals surface area contributed by atoms with Crippen molar-refractivity contribution in [2.45, 2.75) is 13.0 Å². The second-order valence-electron chi connectivity index (χ2n) is 5.33. The lowest BCUT2D eigenvalue weighted by Crippen LogP contribution is -2.09. The summed E-state index contributed by atoms with van der Waals surface area (Å²) in [7, 11) is 0. The van der Waals surface area contributed by atoms with Crippen LogP contribution in [0.5, 0.6) is 0 Å². The Hall–Kier alpha value is -2.30. The first-order valence-corrected chi connectivity index (χ1v) is 8.23. The molecule has 0 aliphatic rings. The van der Waals surface area contributed by atoms with E-state index in [2.05, 4.69) is 39.7 Å². The monoisotopic (exact) mass is 358 g/mol. The summed E-state index contributed by atoms with van der Waals surface area (Å²) in [5, 5.41) is 7.58.